The molecule has 0 spiro atoms. The Hall–Kier alpha value is -3.76. The summed E-state index contributed by atoms with van der Waals surface area (Å²) in [4.78, 5) is 59.9. The number of amides is 4. The van der Waals surface area contributed by atoms with Gasteiger partial charge in [-0.05, 0) is 61.4 Å². The van der Waals surface area contributed by atoms with Crippen molar-refractivity contribution in [1.82, 2.24) is 4.90 Å². The highest BCUT2D eigenvalue weighted by molar-refractivity contribution is 9.10. The zero-order valence-electron chi connectivity index (χ0n) is 23.5. The van der Waals surface area contributed by atoms with Crippen molar-refractivity contribution in [3.8, 4) is 11.5 Å². The molecule has 4 aliphatic rings. The predicted octanol–water partition coefficient (Wildman–Crippen LogP) is 5.66. The minimum absolute atomic E-state index is 0.120. The van der Waals surface area contributed by atoms with Gasteiger partial charge in [-0.1, -0.05) is 51.8 Å². The third-order valence-electron chi connectivity index (χ3n) is 9.87. The highest BCUT2D eigenvalue weighted by atomic mass is 79.9. The Labute approximate surface area is 261 Å². The lowest BCUT2D eigenvalue weighted by atomic mass is 9.51. The molecule has 6 atom stereocenters. The molecule has 2 aliphatic carbocycles. The number of phenolic OH excluding ortho intramolecular Hbond substituents is 1. The number of halogens is 1. The Bertz CT molecular complexity index is 1710. The molecule has 1 aromatic heterocycles. The van der Waals surface area contributed by atoms with Gasteiger partial charge in [0.25, 0.3) is 0 Å². The molecule has 3 heterocycles. The maximum absolute atomic E-state index is 14.5. The van der Waals surface area contributed by atoms with Gasteiger partial charge in [0.2, 0.25) is 23.6 Å². The van der Waals surface area contributed by atoms with E-state index in [1.54, 1.807) is 43.3 Å². The number of imide groups is 2. The topological polar surface area (TPSA) is 104 Å². The van der Waals surface area contributed by atoms with Crippen molar-refractivity contribution in [3.05, 3.63) is 86.5 Å². The van der Waals surface area contributed by atoms with Gasteiger partial charge in [-0.3, -0.25) is 24.1 Å². The number of allylic oxidation sites excluding steroid dienone is 2. The van der Waals surface area contributed by atoms with Crippen LogP contribution in [0.25, 0.3) is 0 Å². The summed E-state index contributed by atoms with van der Waals surface area (Å²) in [5.41, 5.74) is 0.474. The average molecular weight is 662 g/mol. The zero-order valence-corrected chi connectivity index (χ0v) is 25.9. The van der Waals surface area contributed by atoms with Crippen molar-refractivity contribution in [3.63, 3.8) is 0 Å². The van der Waals surface area contributed by atoms with Crippen LogP contribution in [-0.4, -0.2) is 40.7 Å². The van der Waals surface area contributed by atoms with Crippen molar-refractivity contribution in [2.24, 2.45) is 29.1 Å². The number of carbonyl (C=O) groups is 4. The van der Waals surface area contributed by atoms with Gasteiger partial charge in [0.05, 0.1) is 42.5 Å². The van der Waals surface area contributed by atoms with Crippen LogP contribution in [0.3, 0.4) is 0 Å². The lowest BCUT2D eigenvalue weighted by molar-refractivity contribution is -0.141. The number of hydrogen-bond acceptors (Lipinski definition) is 7. The number of methoxy groups -OCH3 is 1. The number of phenols is 1. The predicted molar refractivity (Wildman–Crippen MR) is 163 cm³/mol. The van der Waals surface area contributed by atoms with Gasteiger partial charge in [-0.2, -0.15) is 0 Å². The Morgan fingerprint density at radius 2 is 1.79 bits per heavy atom. The van der Waals surface area contributed by atoms with Crippen LogP contribution in [-0.2, 0) is 25.7 Å². The summed E-state index contributed by atoms with van der Waals surface area (Å²) in [7, 11) is 1.45. The number of benzene rings is 2. The summed E-state index contributed by atoms with van der Waals surface area (Å²) >= 11 is 5.02. The fraction of sp³-hybridized carbons (Fsp3) is 0.333. The first-order valence-corrected chi connectivity index (χ1v) is 15.9. The zero-order chi connectivity index (χ0) is 30.2. The van der Waals surface area contributed by atoms with Crippen LogP contribution in [0, 0.1) is 29.1 Å². The van der Waals surface area contributed by atoms with Gasteiger partial charge >= 0.3 is 0 Å². The Balaban J connectivity index is 1.38. The quantitative estimate of drug-likeness (QED) is 0.280. The summed E-state index contributed by atoms with van der Waals surface area (Å²) < 4.78 is 6.11. The van der Waals surface area contributed by atoms with Crippen molar-refractivity contribution in [2.75, 3.05) is 12.0 Å². The first-order chi connectivity index (χ1) is 20.7. The Morgan fingerprint density at radius 3 is 2.49 bits per heavy atom. The molecule has 2 saturated heterocycles. The number of hydrogen-bond donors (Lipinski definition) is 1. The lowest BCUT2D eigenvalue weighted by Crippen LogP contribution is -2.48. The standard InChI is InChI=1S/C33H29BrN2O6S/c1-33-24(30(39)36(32(33)41)18-7-4-3-5-8-18)15-22-20(27(33)23-13-17(34)14-25(42-2)28(23)37)10-11-21-26(22)31(40)35(29(21)38)16-19-9-6-12-43-19/h3-10,12-14,21-22,24,26-27,37H,11,15-16H2,1-2H3/t21-,22+,24-,26-,27+,33+/m0/s1. The first-order valence-electron chi connectivity index (χ1n) is 14.2. The van der Waals surface area contributed by atoms with E-state index in [0.29, 0.717) is 22.1 Å². The molecule has 4 amide bonds. The van der Waals surface area contributed by atoms with E-state index in [1.165, 1.54) is 28.2 Å². The highest BCUT2D eigenvalue weighted by Gasteiger charge is 2.68. The van der Waals surface area contributed by atoms with E-state index in [4.69, 9.17) is 4.74 Å². The van der Waals surface area contributed by atoms with E-state index in [1.807, 2.05) is 29.7 Å². The van der Waals surface area contributed by atoms with Crippen LogP contribution in [0.2, 0.25) is 0 Å². The maximum Gasteiger partial charge on any atom is 0.241 e. The Kier molecular flexibility index (Phi) is 6.63. The van der Waals surface area contributed by atoms with Gasteiger partial charge in [0, 0.05) is 20.8 Å². The number of ether oxygens (including phenoxy) is 1. The Morgan fingerprint density at radius 1 is 1.02 bits per heavy atom. The van der Waals surface area contributed by atoms with Gasteiger partial charge in [-0.25, -0.2) is 4.90 Å². The summed E-state index contributed by atoms with van der Waals surface area (Å²) in [6, 6.07) is 16.0. The van der Waals surface area contributed by atoms with Crippen LogP contribution in [0.1, 0.15) is 36.1 Å². The third-order valence-corrected chi connectivity index (χ3v) is 11.2. The molecule has 220 valence electrons. The van der Waals surface area contributed by atoms with Crippen LogP contribution in [0.5, 0.6) is 11.5 Å². The summed E-state index contributed by atoms with van der Waals surface area (Å²) in [5, 5.41) is 13.4. The number of rotatable bonds is 5. The molecule has 43 heavy (non-hydrogen) atoms. The van der Waals surface area contributed by atoms with E-state index in [9.17, 15) is 24.3 Å². The van der Waals surface area contributed by atoms with Gasteiger partial charge in [-0.15, -0.1) is 11.3 Å². The van der Waals surface area contributed by atoms with E-state index in [-0.39, 0.29) is 48.1 Å². The molecular formula is C33H29BrN2O6S. The molecule has 1 N–H and O–H groups in total. The van der Waals surface area contributed by atoms with Gasteiger partial charge in [0.1, 0.15) is 0 Å². The van der Waals surface area contributed by atoms with Crippen molar-refractivity contribution in [2.45, 2.75) is 32.2 Å². The second-order valence-electron chi connectivity index (χ2n) is 11.9. The monoisotopic (exact) mass is 660 g/mol. The summed E-state index contributed by atoms with van der Waals surface area (Å²) in [6.07, 6.45) is 2.58. The van der Waals surface area contributed by atoms with E-state index in [2.05, 4.69) is 15.9 Å². The van der Waals surface area contributed by atoms with Crippen LogP contribution in [0.15, 0.2) is 76.1 Å². The number of aromatic hydroxyl groups is 1. The molecule has 3 aromatic rings. The van der Waals surface area contributed by atoms with Gasteiger partial charge < -0.3 is 9.84 Å². The lowest BCUT2D eigenvalue weighted by Gasteiger charge is -2.49. The van der Waals surface area contributed by atoms with Crippen LogP contribution in [0.4, 0.5) is 5.69 Å². The number of thiophene rings is 1. The SMILES string of the molecule is COc1cc(Br)cc([C@H]2C3=CC[C@@H]4C(=O)N(Cc5cccs5)C(=O)[C@@H]4[C@@H]3C[C@H]3C(=O)N(c4ccccc4)C(=O)[C@@]23C)c1O. The van der Waals surface area contributed by atoms with Crippen LogP contribution < -0.4 is 9.64 Å². The number of para-hydroxylation sites is 1. The highest BCUT2D eigenvalue weighted by Crippen LogP contribution is 2.65. The summed E-state index contributed by atoms with van der Waals surface area (Å²) in [6.45, 7) is 2.02. The fourth-order valence-corrected chi connectivity index (χ4v) is 9.08. The average Bonchev–Trinajstić information content (AvgIpc) is 3.66. The minimum atomic E-state index is -1.26. The van der Waals surface area contributed by atoms with E-state index in [0.717, 1.165) is 10.5 Å². The van der Waals surface area contributed by atoms with Crippen LogP contribution >= 0.6 is 27.3 Å². The number of nitrogens with zero attached hydrogens (tertiary/aromatic N) is 2. The molecular weight excluding hydrogens is 632 g/mol. The molecule has 1 saturated carbocycles. The largest absolute Gasteiger partial charge is 0.504 e. The minimum Gasteiger partial charge on any atom is -0.504 e. The van der Waals surface area contributed by atoms with Crippen molar-refractivity contribution < 1.29 is 29.0 Å². The van der Waals surface area contributed by atoms with E-state index >= 15 is 0 Å². The second-order valence-corrected chi connectivity index (χ2v) is 13.8. The molecule has 0 bridgehead atoms. The molecule has 2 aromatic carbocycles. The smallest absolute Gasteiger partial charge is 0.241 e. The van der Waals surface area contributed by atoms with E-state index < -0.39 is 35.0 Å². The van der Waals surface area contributed by atoms with Crippen molar-refractivity contribution >= 4 is 56.6 Å². The molecule has 0 radical (unpaired) electrons. The first kappa shape index (κ1) is 28.0. The third kappa shape index (κ3) is 3.99. The number of carbonyl (C=O) groups excluding carboxylic acids is 4. The number of fused-ring (bicyclic) bond motifs is 4. The molecule has 7 rings (SSSR count). The fourth-order valence-electron chi connectivity index (χ4n) is 7.93. The second kappa shape index (κ2) is 10.2. The molecule has 8 nitrogen and oxygen atoms in total. The normalized spacial score (nSPS) is 29.8. The summed E-state index contributed by atoms with van der Waals surface area (Å²) in [5.74, 6) is -4.16. The molecule has 3 fully saturated rings. The molecule has 2 aliphatic heterocycles. The van der Waals surface area contributed by atoms with Crippen molar-refractivity contribution in [1.29, 1.82) is 0 Å². The molecule has 0 unspecified atom stereocenters. The van der Waals surface area contributed by atoms with Gasteiger partial charge in [0.15, 0.2) is 11.5 Å². The maximum atomic E-state index is 14.5. The number of anilines is 1. The number of likely N-dealkylation sites (tertiary alicyclic amines) is 1. The molecule has 10 heteroatoms.